The summed E-state index contributed by atoms with van der Waals surface area (Å²) in [6.45, 7) is 8.43. The predicted octanol–water partition coefficient (Wildman–Crippen LogP) is 5.24. The fourth-order valence-corrected chi connectivity index (χ4v) is 1.30. The molecule has 0 spiro atoms. The molecule has 0 nitrogen and oxygen atoms in total. The molecule has 2 rings (SSSR count). The van der Waals surface area contributed by atoms with Crippen molar-refractivity contribution in [2.24, 2.45) is 0 Å². The fraction of sp³-hybridized carbons (Fsp3) is 0.294. The second kappa shape index (κ2) is 30.2. The van der Waals surface area contributed by atoms with Gasteiger partial charge in [0.2, 0.25) is 0 Å². The van der Waals surface area contributed by atoms with Gasteiger partial charge in [-0.15, -0.1) is 0 Å². The van der Waals surface area contributed by atoms with Gasteiger partial charge in [0, 0.05) is 226 Å². The Labute approximate surface area is 323 Å². The van der Waals surface area contributed by atoms with Gasteiger partial charge >= 0.3 is 0 Å². The Morgan fingerprint density at radius 2 is 0.652 bits per heavy atom. The van der Waals surface area contributed by atoms with Crippen LogP contribution >= 0.6 is 0 Å². The van der Waals surface area contributed by atoms with Crippen LogP contribution in [0.4, 0.5) is 0 Å². The maximum Gasteiger partial charge on any atom is 0 e. The number of aryl methyl sites for hydroxylation is 4. The first-order valence-electron chi connectivity index (χ1n) is 5.65. The van der Waals surface area contributed by atoms with E-state index in [4.69, 9.17) is 0 Å². The normalized spacial score (nSPS) is 6.43. The summed E-state index contributed by atoms with van der Waals surface area (Å²) in [5.74, 6) is 0. The van der Waals surface area contributed by atoms with E-state index in [1.165, 1.54) is 22.3 Å². The summed E-state index contributed by atoms with van der Waals surface area (Å²) in [6.07, 6.45) is 0. The first-order chi connectivity index (χ1) is 7.59. The predicted molar refractivity (Wildman–Crippen MR) is 78.6 cm³/mol. The molecule has 140 valence electrons. The Balaban J connectivity index is -0.0000000341. The summed E-state index contributed by atoms with van der Waals surface area (Å²) in [5, 5.41) is 0. The Hall–Kier alpha value is 6.00. The molecule has 0 unspecified atom stereocenters. The molecule has 0 aliphatic heterocycles. The van der Waals surface area contributed by atoms with E-state index in [0.29, 0.717) is 0 Å². The monoisotopic (exact) mass is 468 g/mol. The molecular weight excluding hydrogens is 444 g/mol. The third-order valence-electron chi connectivity index (χ3n) is 2.64. The zero-order chi connectivity index (χ0) is 12.0. The quantitative estimate of drug-likeness (QED) is 0.497. The molecule has 0 bridgehead atoms. The maximum absolute atomic E-state index is 2.12. The Bertz CT molecular complexity index is 401. The van der Waals surface area contributed by atoms with Crippen molar-refractivity contribution in [2.45, 2.75) is 35.1 Å². The molecule has 0 fully saturated rings. The third-order valence-corrected chi connectivity index (χ3v) is 2.64. The van der Waals surface area contributed by atoms with Crippen molar-refractivity contribution >= 4 is 0 Å². The van der Waals surface area contributed by atoms with E-state index in [0.717, 1.165) is 0 Å². The van der Waals surface area contributed by atoms with E-state index in [1.807, 2.05) is 0 Å². The molecule has 2 aromatic rings. The van der Waals surface area contributed by atoms with Crippen LogP contribution in [0.25, 0.3) is 0 Å². The van der Waals surface area contributed by atoms with Crippen LogP contribution < -0.4 is 0 Å². The largest absolute Gasteiger partial charge is 0.0776 e. The zero-order valence-electron chi connectivity index (χ0n) is 12.7. The van der Waals surface area contributed by atoms with Crippen LogP contribution in [0.5, 0.6) is 0 Å². The fourth-order valence-electron chi connectivity index (χ4n) is 1.30. The molecule has 0 N–H and O–H groups in total. The van der Waals surface area contributed by atoms with E-state index in [1.54, 1.807) is 0 Å². The van der Waals surface area contributed by atoms with Crippen molar-refractivity contribution in [3.05, 3.63) is 70.8 Å². The molecule has 0 aliphatic carbocycles. The molecule has 0 saturated heterocycles. The topological polar surface area (TPSA) is 0 Å². The standard InChI is InChI=1S/2C8H10.CH4.6Ar/c1-7-3-5-8(2)6-4-7;1-7-5-3-4-6-8(7)2;;;;;;;/h2*3-6H,1-2H3;1H4;;;;;;. The summed E-state index contributed by atoms with van der Waals surface area (Å²) >= 11 is 0. The van der Waals surface area contributed by atoms with Crippen LogP contribution in [0.15, 0.2) is 48.5 Å². The average molecular weight is 468 g/mol. The molecule has 23 heavy (non-hydrogen) atoms. The third kappa shape index (κ3) is 26.0. The maximum atomic E-state index is 2.12. The second-order valence-electron chi connectivity index (χ2n) is 4.24. The van der Waals surface area contributed by atoms with E-state index in [2.05, 4.69) is 76.2 Å². The molecule has 2 aromatic carbocycles. The molecule has 6 heteroatoms. The second-order valence-corrected chi connectivity index (χ2v) is 4.24. The van der Waals surface area contributed by atoms with Crippen molar-refractivity contribution in [2.75, 3.05) is 0 Å². The zero-order valence-corrected chi connectivity index (χ0v) is 17.0. The summed E-state index contributed by atoms with van der Waals surface area (Å²) in [5.41, 5.74) is 5.39. The van der Waals surface area contributed by atoms with E-state index in [9.17, 15) is 0 Å². The van der Waals surface area contributed by atoms with Gasteiger partial charge in [-0.25, -0.2) is 0 Å². The molecule has 0 aliphatic rings. The summed E-state index contributed by atoms with van der Waals surface area (Å²) in [7, 11) is 0. The Morgan fingerprint density at radius 1 is 0.435 bits per heavy atom. The summed E-state index contributed by atoms with van der Waals surface area (Å²) in [4.78, 5) is 0. The number of benzene rings is 2. The van der Waals surface area contributed by atoms with Gasteiger partial charge < -0.3 is 0 Å². The van der Waals surface area contributed by atoms with Gasteiger partial charge in [-0.2, -0.15) is 0 Å². The summed E-state index contributed by atoms with van der Waals surface area (Å²) in [6, 6.07) is 16.8. The van der Waals surface area contributed by atoms with E-state index >= 15 is 0 Å². The van der Waals surface area contributed by atoms with Crippen molar-refractivity contribution in [1.82, 2.24) is 0 Å². The molecule has 0 aromatic heterocycles. The van der Waals surface area contributed by atoms with Gasteiger partial charge in [-0.1, -0.05) is 67.1 Å². The molecular formula is C17H24Ar6. The van der Waals surface area contributed by atoms with Crippen LogP contribution in [0.2, 0.25) is 0 Å². The minimum absolute atomic E-state index is 0. The average Bonchev–Trinajstić information content (AvgIpc) is 2.28. The van der Waals surface area contributed by atoms with E-state index < -0.39 is 0 Å². The SMILES string of the molecule is C.Cc1ccc(C)cc1.Cc1ccccc1C.[Ar].[Ar].[Ar].[Ar].[Ar].[Ar]. The molecule has 0 amide bonds. The molecule has 0 saturated carbocycles. The minimum atomic E-state index is 0. The van der Waals surface area contributed by atoms with E-state index in [-0.39, 0.29) is 234 Å². The van der Waals surface area contributed by atoms with Gasteiger partial charge in [0.1, 0.15) is 0 Å². The van der Waals surface area contributed by atoms with Gasteiger partial charge in [-0.05, 0) is 38.8 Å². The minimum Gasteiger partial charge on any atom is -0.0776 e. The molecule has 0 radical (unpaired) electrons. The Morgan fingerprint density at radius 3 is 0.826 bits per heavy atom. The van der Waals surface area contributed by atoms with Gasteiger partial charge in [0.05, 0.1) is 0 Å². The molecule has 0 heterocycles. The Kier molecular flexibility index (Phi) is 61.7. The van der Waals surface area contributed by atoms with Crippen LogP contribution in [-0.2, 0) is 0 Å². The summed E-state index contributed by atoms with van der Waals surface area (Å²) < 4.78 is 0. The number of hydrogen-bond acceptors (Lipinski definition) is 0. The van der Waals surface area contributed by atoms with Crippen LogP contribution in [0.1, 0.15) is 29.7 Å². The van der Waals surface area contributed by atoms with Gasteiger partial charge in [0.15, 0.2) is 0 Å². The smallest absolute Gasteiger partial charge is 0 e. The first kappa shape index (κ1) is 47.0. The van der Waals surface area contributed by atoms with Crippen LogP contribution in [0.3, 0.4) is 0 Å². The van der Waals surface area contributed by atoms with Gasteiger partial charge in [-0.3, -0.25) is 0 Å². The van der Waals surface area contributed by atoms with Crippen LogP contribution in [-0.4, -0.2) is 0 Å². The van der Waals surface area contributed by atoms with Crippen molar-refractivity contribution in [1.29, 1.82) is 0 Å². The van der Waals surface area contributed by atoms with Crippen LogP contribution in [0, 0.1) is 254 Å². The van der Waals surface area contributed by atoms with Crippen molar-refractivity contribution in [3.63, 3.8) is 0 Å². The van der Waals surface area contributed by atoms with Crippen molar-refractivity contribution < 1.29 is 226 Å². The molecule has 0 atom stereocenters. The number of rotatable bonds is 0. The van der Waals surface area contributed by atoms with Gasteiger partial charge in [0.25, 0.3) is 0 Å². The number of hydrogen-bond donors (Lipinski definition) is 0. The first-order valence-corrected chi connectivity index (χ1v) is 5.65. The van der Waals surface area contributed by atoms with Crippen molar-refractivity contribution in [3.8, 4) is 0 Å².